The van der Waals surface area contributed by atoms with Crippen molar-refractivity contribution in [1.29, 1.82) is 0 Å². The molecule has 2 aromatic rings. The fraction of sp³-hybridized carbons (Fsp3) is 0.333. The molecule has 1 aromatic carbocycles. The highest BCUT2D eigenvalue weighted by atomic mass is 127. The van der Waals surface area contributed by atoms with Gasteiger partial charge >= 0.3 is 0 Å². The third-order valence-electron chi connectivity index (χ3n) is 3.08. The summed E-state index contributed by atoms with van der Waals surface area (Å²) in [5.74, 6) is 2.58. The van der Waals surface area contributed by atoms with Gasteiger partial charge in [-0.1, -0.05) is 25.1 Å². The van der Waals surface area contributed by atoms with Crippen molar-refractivity contribution in [3.8, 4) is 5.75 Å². The molecule has 0 aliphatic heterocycles. The van der Waals surface area contributed by atoms with Crippen molar-refractivity contribution < 1.29 is 4.74 Å². The number of aryl methyl sites for hydroxylation is 1. The zero-order valence-electron chi connectivity index (χ0n) is 11.9. The van der Waals surface area contributed by atoms with Gasteiger partial charge in [0.25, 0.3) is 0 Å². The van der Waals surface area contributed by atoms with Crippen LogP contribution in [-0.2, 0) is 12.8 Å². The minimum atomic E-state index is 0.669. The first-order chi connectivity index (χ1) is 9.69. The normalized spacial score (nSPS) is 10.4. The Balaban J connectivity index is 2.38. The minimum Gasteiger partial charge on any atom is -0.496 e. The average molecular weight is 383 g/mol. The zero-order chi connectivity index (χ0) is 14.5. The monoisotopic (exact) mass is 383 g/mol. The Kier molecular flexibility index (Phi) is 5.17. The predicted octanol–water partition coefficient (Wildman–Crippen LogP) is 3.28. The summed E-state index contributed by atoms with van der Waals surface area (Å²) in [5.41, 5.74) is 2.18. The Morgan fingerprint density at radius 1 is 1.25 bits per heavy atom. The number of rotatable bonds is 5. The number of nitrogens with one attached hydrogen (secondary N) is 1. The van der Waals surface area contributed by atoms with Gasteiger partial charge in [-0.15, -0.1) is 0 Å². The summed E-state index contributed by atoms with van der Waals surface area (Å²) < 4.78 is 6.48. The highest BCUT2D eigenvalue weighted by Gasteiger charge is 2.12. The number of anilines is 1. The van der Waals surface area contributed by atoms with Crippen LogP contribution in [0.15, 0.2) is 24.3 Å². The lowest BCUT2D eigenvalue weighted by atomic mass is 10.1. The molecule has 0 unspecified atom stereocenters. The summed E-state index contributed by atoms with van der Waals surface area (Å²) in [6, 6.07) is 7.98. The van der Waals surface area contributed by atoms with Crippen molar-refractivity contribution in [1.82, 2.24) is 9.97 Å². The third kappa shape index (κ3) is 3.20. The molecule has 0 bridgehead atoms. The highest BCUT2D eigenvalue weighted by Crippen LogP contribution is 2.23. The lowest BCUT2D eigenvalue weighted by Gasteiger charge is -2.11. The second-order valence-corrected chi connectivity index (χ2v) is 5.42. The van der Waals surface area contributed by atoms with Gasteiger partial charge in [0.1, 0.15) is 17.4 Å². The van der Waals surface area contributed by atoms with Gasteiger partial charge in [-0.25, -0.2) is 9.97 Å². The van der Waals surface area contributed by atoms with Gasteiger partial charge in [0.15, 0.2) is 0 Å². The maximum absolute atomic E-state index is 5.38. The zero-order valence-corrected chi connectivity index (χ0v) is 14.1. The van der Waals surface area contributed by atoms with Crippen LogP contribution in [0, 0.1) is 3.57 Å². The van der Waals surface area contributed by atoms with E-state index in [0.29, 0.717) is 6.42 Å². The Bertz CT molecular complexity index is 576. The van der Waals surface area contributed by atoms with Crippen LogP contribution < -0.4 is 10.1 Å². The van der Waals surface area contributed by atoms with Crippen LogP contribution in [0.4, 0.5) is 5.82 Å². The number of benzene rings is 1. The second kappa shape index (κ2) is 6.88. The summed E-state index contributed by atoms with van der Waals surface area (Å²) in [5, 5.41) is 3.13. The Morgan fingerprint density at radius 3 is 2.65 bits per heavy atom. The fourth-order valence-corrected chi connectivity index (χ4v) is 2.94. The first-order valence-corrected chi connectivity index (χ1v) is 7.62. The van der Waals surface area contributed by atoms with Crippen molar-refractivity contribution in [2.75, 3.05) is 19.5 Å². The topological polar surface area (TPSA) is 47.0 Å². The van der Waals surface area contributed by atoms with Crippen LogP contribution in [0.3, 0.4) is 0 Å². The lowest BCUT2D eigenvalue weighted by molar-refractivity contribution is 0.410. The molecule has 20 heavy (non-hydrogen) atoms. The average Bonchev–Trinajstić information content (AvgIpc) is 2.49. The Hall–Kier alpha value is -1.37. The van der Waals surface area contributed by atoms with E-state index in [-0.39, 0.29) is 0 Å². The molecule has 0 spiro atoms. The number of hydrogen-bond acceptors (Lipinski definition) is 4. The smallest absolute Gasteiger partial charge is 0.143 e. The van der Waals surface area contributed by atoms with E-state index in [9.17, 15) is 0 Å². The van der Waals surface area contributed by atoms with Crippen molar-refractivity contribution in [3.63, 3.8) is 0 Å². The molecular formula is C15H18IN3O. The standard InChI is InChI=1S/C15H18IN3O/c1-4-11-14(16)15(17-2)19-13(18-11)9-10-7-5-6-8-12(10)20-3/h5-8H,4,9H2,1-3H3,(H,17,18,19). The Labute approximate surface area is 133 Å². The van der Waals surface area contributed by atoms with Gasteiger partial charge in [-0.2, -0.15) is 0 Å². The van der Waals surface area contributed by atoms with E-state index in [1.165, 1.54) is 0 Å². The van der Waals surface area contributed by atoms with Crippen LogP contribution in [0.25, 0.3) is 0 Å². The molecule has 0 amide bonds. The highest BCUT2D eigenvalue weighted by molar-refractivity contribution is 14.1. The molecule has 1 N–H and O–H groups in total. The van der Waals surface area contributed by atoms with Crippen LogP contribution in [-0.4, -0.2) is 24.1 Å². The van der Waals surface area contributed by atoms with Gasteiger partial charge in [0.05, 0.1) is 16.4 Å². The lowest BCUT2D eigenvalue weighted by Crippen LogP contribution is -2.08. The molecule has 4 nitrogen and oxygen atoms in total. The Morgan fingerprint density at radius 2 is 2.00 bits per heavy atom. The number of halogens is 1. The molecule has 1 heterocycles. The summed E-state index contributed by atoms with van der Waals surface area (Å²) in [6.45, 7) is 2.11. The van der Waals surface area contributed by atoms with E-state index < -0.39 is 0 Å². The van der Waals surface area contributed by atoms with Crippen LogP contribution in [0.5, 0.6) is 5.75 Å². The summed E-state index contributed by atoms with van der Waals surface area (Å²) in [6.07, 6.45) is 1.57. The second-order valence-electron chi connectivity index (χ2n) is 4.34. The number of nitrogens with zero attached hydrogens (tertiary/aromatic N) is 2. The third-order valence-corrected chi connectivity index (χ3v) is 4.21. The fourth-order valence-electron chi connectivity index (χ4n) is 2.04. The van der Waals surface area contributed by atoms with Crippen molar-refractivity contribution >= 4 is 28.4 Å². The number of aromatic nitrogens is 2. The van der Waals surface area contributed by atoms with E-state index >= 15 is 0 Å². The van der Waals surface area contributed by atoms with E-state index in [2.05, 4.69) is 44.8 Å². The van der Waals surface area contributed by atoms with Crippen LogP contribution >= 0.6 is 22.6 Å². The predicted molar refractivity (Wildman–Crippen MR) is 89.5 cm³/mol. The first-order valence-electron chi connectivity index (χ1n) is 6.54. The molecule has 0 radical (unpaired) electrons. The molecular weight excluding hydrogens is 365 g/mol. The van der Waals surface area contributed by atoms with E-state index in [1.54, 1.807) is 7.11 Å². The van der Waals surface area contributed by atoms with Crippen molar-refractivity contribution in [2.45, 2.75) is 19.8 Å². The molecule has 2 rings (SSSR count). The van der Waals surface area contributed by atoms with E-state index in [1.807, 2.05) is 31.3 Å². The SMILES string of the molecule is CCc1nc(Cc2ccccc2OC)nc(NC)c1I. The largest absolute Gasteiger partial charge is 0.496 e. The molecule has 5 heteroatoms. The first kappa shape index (κ1) is 15.0. The van der Waals surface area contributed by atoms with Gasteiger partial charge < -0.3 is 10.1 Å². The maximum atomic E-state index is 5.38. The number of hydrogen-bond donors (Lipinski definition) is 1. The quantitative estimate of drug-likeness (QED) is 0.806. The molecule has 0 fully saturated rings. The summed E-state index contributed by atoms with van der Waals surface area (Å²) in [4.78, 5) is 9.24. The molecule has 1 aromatic heterocycles. The minimum absolute atomic E-state index is 0.669. The van der Waals surface area contributed by atoms with Gasteiger partial charge in [0, 0.05) is 19.0 Å². The van der Waals surface area contributed by atoms with Gasteiger partial charge in [-0.3, -0.25) is 0 Å². The van der Waals surface area contributed by atoms with E-state index in [0.717, 1.165) is 38.6 Å². The summed E-state index contributed by atoms with van der Waals surface area (Å²) in [7, 11) is 3.57. The molecule has 0 saturated heterocycles. The molecule has 0 aliphatic carbocycles. The van der Waals surface area contributed by atoms with Crippen LogP contribution in [0.2, 0.25) is 0 Å². The molecule has 0 atom stereocenters. The van der Waals surface area contributed by atoms with Gasteiger partial charge in [-0.05, 0) is 35.1 Å². The number of para-hydroxylation sites is 1. The van der Waals surface area contributed by atoms with Crippen molar-refractivity contribution in [2.24, 2.45) is 0 Å². The molecule has 106 valence electrons. The summed E-state index contributed by atoms with van der Waals surface area (Å²) >= 11 is 2.29. The molecule has 0 saturated carbocycles. The van der Waals surface area contributed by atoms with Gasteiger partial charge in [0.2, 0.25) is 0 Å². The molecule has 0 aliphatic rings. The number of ether oxygens (including phenoxy) is 1. The number of methoxy groups -OCH3 is 1. The van der Waals surface area contributed by atoms with E-state index in [4.69, 9.17) is 4.74 Å². The maximum Gasteiger partial charge on any atom is 0.143 e. The van der Waals surface area contributed by atoms with Crippen LogP contribution in [0.1, 0.15) is 24.0 Å². The van der Waals surface area contributed by atoms with Crippen molar-refractivity contribution in [3.05, 3.63) is 44.9 Å².